The summed E-state index contributed by atoms with van der Waals surface area (Å²) >= 11 is 0. The van der Waals surface area contributed by atoms with Gasteiger partial charge in [0, 0.05) is 25.1 Å². The van der Waals surface area contributed by atoms with Crippen LogP contribution in [0.15, 0.2) is 29.8 Å². The van der Waals surface area contributed by atoms with Crippen LogP contribution >= 0.6 is 0 Å². The number of rotatable bonds is 5. The third kappa shape index (κ3) is 5.20. The molecule has 0 bridgehead atoms. The summed E-state index contributed by atoms with van der Waals surface area (Å²) < 4.78 is 12.9. The Labute approximate surface area is 135 Å². The number of carbonyl (C=O) groups excluding carboxylic acids is 1. The standard InChI is InChI=1S/C18H22FNO3/c1-13(11-14-4-7-16(19)8-5-14)18(23)20-10-2-3-15(12-20)6-9-17(21)22/h4-5,7-8,11,15H,2-3,6,9-10,12H2,1H3,(H,21,22)/b13-11+. The van der Waals surface area contributed by atoms with E-state index in [1.165, 1.54) is 12.1 Å². The quantitative estimate of drug-likeness (QED) is 0.847. The lowest BCUT2D eigenvalue weighted by Gasteiger charge is -2.33. The molecule has 1 saturated heterocycles. The minimum Gasteiger partial charge on any atom is -0.481 e. The maximum Gasteiger partial charge on any atom is 0.303 e. The summed E-state index contributed by atoms with van der Waals surface area (Å²) in [6.07, 6.45) is 4.39. The fourth-order valence-corrected chi connectivity index (χ4v) is 2.93. The van der Waals surface area contributed by atoms with Crippen LogP contribution in [0, 0.1) is 11.7 Å². The highest BCUT2D eigenvalue weighted by Gasteiger charge is 2.24. The zero-order valence-corrected chi connectivity index (χ0v) is 13.3. The molecule has 1 unspecified atom stereocenters. The number of amides is 1. The monoisotopic (exact) mass is 319 g/mol. The zero-order chi connectivity index (χ0) is 16.8. The summed E-state index contributed by atoms with van der Waals surface area (Å²) in [5, 5.41) is 8.77. The van der Waals surface area contributed by atoms with Crippen molar-refractivity contribution in [1.29, 1.82) is 0 Å². The van der Waals surface area contributed by atoms with E-state index in [0.717, 1.165) is 18.4 Å². The Morgan fingerprint density at radius 1 is 1.35 bits per heavy atom. The third-order valence-electron chi connectivity index (χ3n) is 4.16. The SMILES string of the molecule is C/C(=C\c1ccc(F)cc1)C(=O)N1CCCC(CCC(=O)O)C1. The van der Waals surface area contributed by atoms with Crippen molar-refractivity contribution in [1.82, 2.24) is 4.90 Å². The van der Waals surface area contributed by atoms with E-state index >= 15 is 0 Å². The molecule has 1 atom stereocenters. The number of carboxylic acids is 1. The zero-order valence-electron chi connectivity index (χ0n) is 13.3. The van der Waals surface area contributed by atoms with Crippen LogP contribution in [0.2, 0.25) is 0 Å². The molecule has 4 nitrogen and oxygen atoms in total. The number of aliphatic carboxylic acids is 1. The molecule has 0 aliphatic carbocycles. The summed E-state index contributed by atoms with van der Waals surface area (Å²) in [6.45, 7) is 3.07. The van der Waals surface area contributed by atoms with Crippen LogP contribution in [-0.2, 0) is 9.59 Å². The molecular weight excluding hydrogens is 297 g/mol. The molecule has 1 aliphatic rings. The summed E-state index contributed by atoms with van der Waals surface area (Å²) in [7, 11) is 0. The maximum atomic E-state index is 12.9. The van der Waals surface area contributed by atoms with Crippen LogP contribution in [-0.4, -0.2) is 35.0 Å². The van der Waals surface area contributed by atoms with E-state index in [2.05, 4.69) is 0 Å². The first-order valence-electron chi connectivity index (χ1n) is 7.90. The van der Waals surface area contributed by atoms with Crippen LogP contribution in [0.3, 0.4) is 0 Å². The normalized spacial score (nSPS) is 18.8. The number of halogens is 1. The largest absolute Gasteiger partial charge is 0.481 e. The van der Waals surface area contributed by atoms with Gasteiger partial charge in [0.25, 0.3) is 0 Å². The molecule has 1 fully saturated rings. The predicted molar refractivity (Wildman–Crippen MR) is 86.2 cm³/mol. The number of benzene rings is 1. The van der Waals surface area contributed by atoms with Crippen LogP contribution in [0.5, 0.6) is 0 Å². The predicted octanol–water partition coefficient (Wildman–Crippen LogP) is 3.33. The number of hydrogen-bond acceptors (Lipinski definition) is 2. The average molecular weight is 319 g/mol. The third-order valence-corrected chi connectivity index (χ3v) is 4.16. The molecule has 1 aliphatic heterocycles. The smallest absolute Gasteiger partial charge is 0.303 e. The van der Waals surface area contributed by atoms with Crippen LogP contribution < -0.4 is 0 Å². The molecule has 1 heterocycles. The van der Waals surface area contributed by atoms with Gasteiger partial charge in [-0.15, -0.1) is 0 Å². The lowest BCUT2D eigenvalue weighted by molar-refractivity contribution is -0.137. The first-order valence-corrected chi connectivity index (χ1v) is 7.90. The molecule has 0 aromatic heterocycles. The van der Waals surface area contributed by atoms with E-state index in [1.54, 1.807) is 30.0 Å². The van der Waals surface area contributed by atoms with Crippen LogP contribution in [0.25, 0.3) is 6.08 Å². The van der Waals surface area contributed by atoms with E-state index in [9.17, 15) is 14.0 Å². The number of nitrogens with zero attached hydrogens (tertiary/aromatic N) is 1. The van der Waals surface area contributed by atoms with Crippen molar-refractivity contribution in [3.63, 3.8) is 0 Å². The molecule has 2 rings (SSSR count). The molecule has 1 amide bonds. The Kier molecular flexibility index (Phi) is 5.90. The molecule has 0 spiro atoms. The van der Waals surface area contributed by atoms with Gasteiger partial charge in [0.15, 0.2) is 0 Å². The average Bonchev–Trinajstić information content (AvgIpc) is 2.54. The second-order valence-corrected chi connectivity index (χ2v) is 6.07. The van der Waals surface area contributed by atoms with Gasteiger partial charge in [-0.3, -0.25) is 9.59 Å². The van der Waals surface area contributed by atoms with Crippen molar-refractivity contribution in [3.8, 4) is 0 Å². The van der Waals surface area contributed by atoms with Gasteiger partial charge in [0.2, 0.25) is 5.91 Å². The minimum absolute atomic E-state index is 0.0330. The molecule has 1 aromatic rings. The van der Waals surface area contributed by atoms with E-state index in [-0.39, 0.29) is 24.1 Å². The topological polar surface area (TPSA) is 57.6 Å². The van der Waals surface area contributed by atoms with E-state index in [1.807, 2.05) is 0 Å². The van der Waals surface area contributed by atoms with Crippen molar-refractivity contribution in [2.24, 2.45) is 5.92 Å². The first-order chi connectivity index (χ1) is 11.0. The Morgan fingerprint density at radius 2 is 2.04 bits per heavy atom. The van der Waals surface area contributed by atoms with E-state index in [4.69, 9.17) is 5.11 Å². The maximum absolute atomic E-state index is 12.9. The summed E-state index contributed by atoms with van der Waals surface area (Å²) in [6, 6.07) is 6.01. The molecular formula is C18H22FNO3. The number of carboxylic acid groups (broad SMARTS) is 1. The van der Waals surface area contributed by atoms with Gasteiger partial charge in [0.1, 0.15) is 5.82 Å². The van der Waals surface area contributed by atoms with Gasteiger partial charge >= 0.3 is 5.97 Å². The molecule has 23 heavy (non-hydrogen) atoms. The fourth-order valence-electron chi connectivity index (χ4n) is 2.93. The Bertz CT molecular complexity index is 595. The molecule has 0 saturated carbocycles. The fraction of sp³-hybridized carbons (Fsp3) is 0.444. The van der Waals surface area contributed by atoms with Crippen LogP contribution in [0.1, 0.15) is 38.2 Å². The molecule has 5 heteroatoms. The van der Waals surface area contributed by atoms with Crippen molar-refractivity contribution in [2.75, 3.05) is 13.1 Å². The highest BCUT2D eigenvalue weighted by molar-refractivity contribution is 5.97. The second-order valence-electron chi connectivity index (χ2n) is 6.07. The number of hydrogen-bond donors (Lipinski definition) is 1. The van der Waals surface area contributed by atoms with Crippen molar-refractivity contribution < 1.29 is 19.1 Å². The Morgan fingerprint density at radius 3 is 2.70 bits per heavy atom. The Balaban J connectivity index is 1.98. The number of piperidine rings is 1. The Hall–Kier alpha value is -2.17. The van der Waals surface area contributed by atoms with E-state index in [0.29, 0.717) is 25.1 Å². The van der Waals surface area contributed by atoms with Gasteiger partial charge in [-0.2, -0.15) is 0 Å². The lowest BCUT2D eigenvalue weighted by Crippen LogP contribution is -2.40. The molecule has 1 N–H and O–H groups in total. The van der Waals surface area contributed by atoms with Gasteiger partial charge in [-0.05, 0) is 55.9 Å². The number of likely N-dealkylation sites (tertiary alicyclic amines) is 1. The van der Waals surface area contributed by atoms with Crippen molar-refractivity contribution in [2.45, 2.75) is 32.6 Å². The van der Waals surface area contributed by atoms with Gasteiger partial charge in [-0.25, -0.2) is 4.39 Å². The molecule has 0 radical (unpaired) electrons. The first kappa shape index (κ1) is 17.2. The summed E-state index contributed by atoms with van der Waals surface area (Å²) in [5.74, 6) is -0.874. The second kappa shape index (κ2) is 7.90. The van der Waals surface area contributed by atoms with E-state index < -0.39 is 5.97 Å². The van der Waals surface area contributed by atoms with Crippen molar-refractivity contribution in [3.05, 3.63) is 41.2 Å². The summed E-state index contributed by atoms with van der Waals surface area (Å²) in [5.41, 5.74) is 1.40. The van der Waals surface area contributed by atoms with Crippen molar-refractivity contribution >= 4 is 18.0 Å². The molecule has 124 valence electrons. The highest BCUT2D eigenvalue weighted by Crippen LogP contribution is 2.22. The van der Waals surface area contributed by atoms with Crippen LogP contribution in [0.4, 0.5) is 4.39 Å². The minimum atomic E-state index is -0.791. The van der Waals surface area contributed by atoms with Gasteiger partial charge < -0.3 is 10.0 Å². The van der Waals surface area contributed by atoms with Gasteiger partial charge in [-0.1, -0.05) is 12.1 Å². The lowest BCUT2D eigenvalue weighted by atomic mass is 9.93. The van der Waals surface area contributed by atoms with Gasteiger partial charge in [0.05, 0.1) is 0 Å². The highest BCUT2D eigenvalue weighted by atomic mass is 19.1. The number of carbonyl (C=O) groups is 2. The molecule has 1 aromatic carbocycles. The summed E-state index contributed by atoms with van der Waals surface area (Å²) in [4.78, 5) is 25.0.